The molecule has 1 heterocycles. The Morgan fingerprint density at radius 2 is 0.623 bits per heavy atom. The van der Waals surface area contributed by atoms with E-state index in [0.29, 0.717) is 0 Å². The van der Waals surface area contributed by atoms with Crippen LogP contribution in [0.25, 0.3) is 0 Å². The van der Waals surface area contributed by atoms with E-state index in [1.54, 1.807) is 0 Å². The Hall–Kier alpha value is -3.88. The van der Waals surface area contributed by atoms with Crippen LogP contribution in [-0.4, -0.2) is 38.7 Å². The second-order valence-electron chi connectivity index (χ2n) is 28.8. The van der Waals surface area contributed by atoms with Crippen molar-refractivity contribution in [3.8, 4) is 17.2 Å². The summed E-state index contributed by atoms with van der Waals surface area (Å²) in [5, 5.41) is 0. The molecule has 1 aromatic heterocycles. The lowest BCUT2D eigenvalue weighted by molar-refractivity contribution is 0.460. The maximum Gasteiger partial charge on any atom is 0.336 e. The molecule has 9 nitrogen and oxygen atoms in total. The minimum absolute atomic E-state index is 0.0418. The van der Waals surface area contributed by atoms with E-state index in [1.165, 1.54) is 13.7 Å². The largest absolute Gasteiger partial charge is 0.544 e. The Morgan fingerprint density at radius 1 is 0.362 bits per heavy atom. The van der Waals surface area contributed by atoms with Gasteiger partial charge in [-0.2, -0.15) is 0 Å². The van der Waals surface area contributed by atoms with Gasteiger partial charge >= 0.3 is 17.1 Å². The molecule has 3 aromatic carbocycles. The highest BCUT2D eigenvalue weighted by molar-refractivity contribution is 6.71. The molecule has 0 aliphatic carbocycles. The molecule has 69 heavy (non-hydrogen) atoms. The van der Waals surface area contributed by atoms with Crippen LogP contribution < -0.4 is 30.3 Å². The molecule has 0 unspecified atom stereocenters. The number of benzene rings is 3. The third-order valence-electron chi connectivity index (χ3n) is 12.0. The summed E-state index contributed by atoms with van der Waals surface area (Å²) < 4.78 is 24.6. The van der Waals surface area contributed by atoms with E-state index in [9.17, 15) is 0 Å². The van der Waals surface area contributed by atoms with E-state index in [4.69, 9.17) is 13.3 Å². The summed E-state index contributed by atoms with van der Waals surface area (Å²) in [5.74, 6) is 2.58. The minimum atomic E-state index is -2.17. The van der Waals surface area contributed by atoms with Gasteiger partial charge in [-0.05, 0) is 160 Å². The van der Waals surface area contributed by atoms with Crippen molar-refractivity contribution in [2.75, 3.05) is 0 Å². The minimum Gasteiger partial charge on any atom is -0.544 e. The Bertz CT molecular complexity index is 2530. The van der Waals surface area contributed by atoms with Gasteiger partial charge in [0.05, 0.1) is 19.6 Å². The average molecular weight is 1000 g/mol. The second kappa shape index (κ2) is 18.9. The van der Waals surface area contributed by atoms with Crippen molar-refractivity contribution in [3.63, 3.8) is 0 Å². The predicted octanol–water partition coefficient (Wildman–Crippen LogP) is 13.7. The van der Waals surface area contributed by atoms with Crippen molar-refractivity contribution in [2.45, 2.75) is 236 Å². The lowest BCUT2D eigenvalue weighted by Gasteiger charge is -2.35. The molecule has 0 radical (unpaired) electrons. The van der Waals surface area contributed by atoms with Gasteiger partial charge in [0.25, 0.3) is 0 Å². The van der Waals surface area contributed by atoms with Gasteiger partial charge in [-0.3, -0.25) is 0 Å². The molecule has 0 aliphatic rings. The number of aromatic nitrogens is 3. The third-order valence-corrected chi connectivity index (χ3v) is 14.4. The first kappa shape index (κ1) is 57.7. The maximum absolute atomic E-state index is 15.3. The molecule has 0 saturated heterocycles. The Morgan fingerprint density at radius 3 is 0.870 bits per heavy atom. The molecule has 0 aliphatic heterocycles. The van der Waals surface area contributed by atoms with E-state index in [2.05, 4.69) is 220 Å². The molecule has 0 amide bonds. The fourth-order valence-electron chi connectivity index (χ4n) is 8.82. The Kier molecular flexibility index (Phi) is 15.8. The highest BCUT2D eigenvalue weighted by Gasteiger charge is 2.36. The highest BCUT2D eigenvalue weighted by atomic mass is 28.4. The van der Waals surface area contributed by atoms with E-state index in [1.807, 2.05) is 0 Å². The summed E-state index contributed by atoms with van der Waals surface area (Å²) in [6.07, 6.45) is 0. The van der Waals surface area contributed by atoms with E-state index in [-0.39, 0.29) is 46.7 Å². The van der Waals surface area contributed by atoms with Crippen LogP contribution in [0.3, 0.4) is 0 Å². The number of rotatable bonds is 12. The van der Waals surface area contributed by atoms with Crippen LogP contribution in [0.5, 0.6) is 17.2 Å². The fourth-order valence-corrected chi connectivity index (χ4v) is 11.3. The van der Waals surface area contributed by atoms with Crippen molar-refractivity contribution in [1.82, 2.24) is 13.7 Å². The molecule has 12 heteroatoms. The number of hydrogen-bond donors (Lipinski definition) is 0. The Balaban J connectivity index is 2.23. The van der Waals surface area contributed by atoms with Crippen LogP contribution in [0.15, 0.2) is 50.8 Å². The van der Waals surface area contributed by atoms with E-state index in [0.717, 1.165) is 67.3 Å². The SMILES string of the molecule is CC(C)(C)c1cc(Cn2c(=O)n(Cc3cc(C(C)(C)C)c(O[Si](C)(C)C)c(C(C)(C)C)c3)c(=O)n(Cc3ccc(C(C)(C)C)c(O[Si](C)(C)C)c3C(C)(C)C)c2=O)cc(C(C)(C)C)c1O[Si](C)(C)C. The summed E-state index contributed by atoms with van der Waals surface area (Å²) in [5.41, 5.74) is 4.53. The standard InChI is InChI=1S/C57H93N3O6Si3/c1-52(2,3)40-29-28-39(45(57(16,17)18)48(40)66-69(25,26)27)36-60-50(62)58(34-37-30-41(53(4,5)6)46(64-67(19,20)21)42(31-37)54(7,8)9)49(61)59(51(60)63)35-38-32-43(55(10,11)12)47(65-68(22,23)24)44(33-38)56(13,14)15/h28-33H,34-36H2,1-27H3. The second-order valence-corrected chi connectivity index (χ2v) is 42.1. The highest BCUT2D eigenvalue weighted by Crippen LogP contribution is 2.45. The molecule has 0 fully saturated rings. The summed E-state index contributed by atoms with van der Waals surface area (Å²) >= 11 is 0. The molecule has 0 N–H and O–H groups in total. The zero-order chi connectivity index (χ0) is 53.4. The van der Waals surface area contributed by atoms with Gasteiger partial charge in [-0.25, -0.2) is 28.1 Å². The summed E-state index contributed by atoms with van der Waals surface area (Å²) in [7, 11) is -6.33. The van der Waals surface area contributed by atoms with Gasteiger partial charge < -0.3 is 13.3 Å². The van der Waals surface area contributed by atoms with Crippen LogP contribution in [0.1, 0.15) is 175 Å². The van der Waals surface area contributed by atoms with Crippen LogP contribution in [0.4, 0.5) is 0 Å². The monoisotopic (exact) mass is 1000 g/mol. The molecular formula is C57H93N3O6Si3. The smallest absolute Gasteiger partial charge is 0.336 e. The first-order chi connectivity index (χ1) is 30.6. The van der Waals surface area contributed by atoms with Gasteiger partial charge in [-0.1, -0.05) is 137 Å². The van der Waals surface area contributed by atoms with Gasteiger partial charge in [0.15, 0.2) is 0 Å². The zero-order valence-electron chi connectivity index (χ0n) is 48.4. The fraction of sp³-hybridized carbons (Fsp3) is 0.632. The normalized spacial score (nSPS) is 13.8. The van der Waals surface area contributed by atoms with Gasteiger partial charge in [0.2, 0.25) is 25.0 Å². The van der Waals surface area contributed by atoms with E-state index >= 15 is 14.4 Å². The van der Waals surface area contributed by atoms with Crippen LogP contribution in [0, 0.1) is 0 Å². The average Bonchev–Trinajstić information content (AvgIpc) is 3.09. The van der Waals surface area contributed by atoms with Crippen molar-refractivity contribution in [1.29, 1.82) is 0 Å². The van der Waals surface area contributed by atoms with E-state index < -0.39 is 47.4 Å². The molecule has 0 bridgehead atoms. The van der Waals surface area contributed by atoms with Crippen molar-refractivity contribution in [3.05, 3.63) is 118 Å². The molecule has 0 saturated carbocycles. The molecular weight excluding hydrogens is 907 g/mol. The summed E-state index contributed by atoms with van der Waals surface area (Å²) in [6, 6.07) is 12.5. The molecule has 4 aromatic rings. The van der Waals surface area contributed by atoms with Crippen LogP contribution in [0.2, 0.25) is 58.9 Å². The van der Waals surface area contributed by atoms with Crippen molar-refractivity contribution < 1.29 is 13.3 Å². The van der Waals surface area contributed by atoms with Gasteiger partial charge in [-0.15, -0.1) is 0 Å². The summed E-state index contributed by atoms with van der Waals surface area (Å²) in [6.45, 7) is 58.6. The quantitative estimate of drug-likeness (QED) is 0.131. The summed E-state index contributed by atoms with van der Waals surface area (Å²) in [4.78, 5) is 46.0. The van der Waals surface area contributed by atoms with Crippen LogP contribution >= 0.6 is 0 Å². The van der Waals surface area contributed by atoms with Gasteiger partial charge in [0, 0.05) is 5.56 Å². The topological polar surface area (TPSA) is 93.7 Å². The van der Waals surface area contributed by atoms with Crippen LogP contribution in [-0.2, 0) is 52.1 Å². The molecule has 0 atom stereocenters. The third kappa shape index (κ3) is 14.2. The van der Waals surface area contributed by atoms with Gasteiger partial charge in [0.1, 0.15) is 17.2 Å². The first-order valence-corrected chi connectivity index (χ1v) is 35.4. The molecule has 384 valence electrons. The first-order valence-electron chi connectivity index (χ1n) is 25.2. The Labute approximate surface area is 420 Å². The predicted molar refractivity (Wildman–Crippen MR) is 300 cm³/mol. The lowest BCUT2D eigenvalue weighted by atomic mass is 9.77. The lowest BCUT2D eigenvalue weighted by Crippen LogP contribution is -2.55. The van der Waals surface area contributed by atoms with Crippen molar-refractivity contribution in [2.24, 2.45) is 0 Å². The number of hydrogen-bond acceptors (Lipinski definition) is 6. The molecule has 0 spiro atoms. The zero-order valence-corrected chi connectivity index (χ0v) is 51.4. The molecule has 4 rings (SSSR count). The van der Waals surface area contributed by atoms with Crippen molar-refractivity contribution >= 4 is 25.0 Å². The number of nitrogens with zero attached hydrogens (tertiary/aromatic N) is 3. The maximum atomic E-state index is 15.3.